The molecule has 0 aliphatic rings. The number of carbonyl (C=O) groups is 3. The molecule has 0 radical (unpaired) electrons. The van der Waals surface area contributed by atoms with Crippen LogP contribution in [0.25, 0.3) is 0 Å². The van der Waals surface area contributed by atoms with Crippen molar-refractivity contribution in [2.75, 3.05) is 19.5 Å². The number of benzene rings is 1. The summed E-state index contributed by atoms with van der Waals surface area (Å²) in [5, 5.41) is 9.24. The summed E-state index contributed by atoms with van der Waals surface area (Å²) in [5.41, 5.74) is 2.79. The molecule has 1 unspecified atom stereocenters. The summed E-state index contributed by atoms with van der Waals surface area (Å²) < 4.78 is 10.3. The minimum absolute atomic E-state index is 0.111. The number of hydrogen-bond acceptors (Lipinski definition) is 6. The van der Waals surface area contributed by atoms with E-state index in [1.165, 1.54) is 20.3 Å². The first kappa shape index (κ1) is 23.2. The Balaban J connectivity index is 2.68. The number of nitrogens with one attached hydrogen (secondary N) is 3. The van der Waals surface area contributed by atoms with E-state index >= 15 is 0 Å². The highest BCUT2D eigenvalue weighted by molar-refractivity contribution is 6.35. The summed E-state index contributed by atoms with van der Waals surface area (Å²) in [7, 11) is 2.92. The van der Waals surface area contributed by atoms with E-state index in [0.29, 0.717) is 34.3 Å². The maximum absolute atomic E-state index is 12.2. The molecule has 0 spiro atoms. The van der Waals surface area contributed by atoms with Gasteiger partial charge in [-0.2, -0.15) is 5.10 Å². The van der Waals surface area contributed by atoms with Gasteiger partial charge in [0.25, 0.3) is 0 Å². The lowest BCUT2D eigenvalue weighted by atomic mass is 10.2. The Hall–Kier alpha value is -2.81. The van der Waals surface area contributed by atoms with Crippen LogP contribution in [-0.4, -0.2) is 43.7 Å². The van der Waals surface area contributed by atoms with Crippen molar-refractivity contribution in [3.8, 4) is 11.5 Å². The summed E-state index contributed by atoms with van der Waals surface area (Å²) in [6.07, 6.45) is 0.584. The van der Waals surface area contributed by atoms with Crippen molar-refractivity contribution >= 4 is 40.7 Å². The van der Waals surface area contributed by atoms with Crippen LogP contribution in [0.4, 0.5) is 5.69 Å². The molecule has 28 heavy (non-hydrogen) atoms. The number of nitrogens with zero attached hydrogens (tertiary/aromatic N) is 1. The van der Waals surface area contributed by atoms with Crippen molar-refractivity contribution in [2.24, 2.45) is 5.10 Å². The minimum atomic E-state index is -0.899. The highest BCUT2D eigenvalue weighted by Crippen LogP contribution is 2.35. The predicted molar refractivity (Wildman–Crippen MR) is 107 cm³/mol. The van der Waals surface area contributed by atoms with Crippen molar-refractivity contribution in [3.05, 3.63) is 17.2 Å². The molecule has 0 bridgehead atoms. The van der Waals surface area contributed by atoms with Crippen LogP contribution in [0, 0.1) is 0 Å². The first-order valence-electron chi connectivity index (χ1n) is 8.57. The Morgan fingerprint density at radius 2 is 1.79 bits per heavy atom. The monoisotopic (exact) mass is 412 g/mol. The maximum atomic E-state index is 12.2. The molecule has 9 nitrogen and oxygen atoms in total. The molecule has 1 rings (SSSR count). The van der Waals surface area contributed by atoms with Gasteiger partial charge in [0, 0.05) is 17.8 Å². The lowest BCUT2D eigenvalue weighted by molar-refractivity contribution is -0.139. The van der Waals surface area contributed by atoms with E-state index in [1.807, 2.05) is 6.92 Å². The van der Waals surface area contributed by atoms with E-state index in [4.69, 9.17) is 21.1 Å². The number of carbonyl (C=O) groups excluding carboxylic acids is 3. The van der Waals surface area contributed by atoms with Gasteiger partial charge in [-0.25, -0.2) is 5.43 Å². The van der Waals surface area contributed by atoms with E-state index < -0.39 is 17.7 Å². The van der Waals surface area contributed by atoms with Crippen LogP contribution >= 0.6 is 11.6 Å². The highest BCUT2D eigenvalue weighted by Gasteiger charge is 2.16. The first-order chi connectivity index (χ1) is 13.2. The number of rotatable bonds is 8. The van der Waals surface area contributed by atoms with Crippen LogP contribution in [0.5, 0.6) is 11.5 Å². The number of hydrazone groups is 1. The molecule has 0 heterocycles. The van der Waals surface area contributed by atoms with E-state index in [0.717, 1.165) is 0 Å². The number of halogens is 1. The highest BCUT2D eigenvalue weighted by atomic mass is 35.5. The summed E-state index contributed by atoms with van der Waals surface area (Å²) in [4.78, 5) is 35.5. The van der Waals surface area contributed by atoms with Gasteiger partial charge in [-0.3, -0.25) is 14.4 Å². The number of methoxy groups -OCH3 is 2. The SMILES string of the molecule is CCC(C)NC(=O)C(=O)N/N=C(\C)CC(=O)Nc1cc(Cl)c(OC)cc1OC. The molecule has 1 aromatic rings. The largest absolute Gasteiger partial charge is 0.495 e. The Labute approximate surface area is 168 Å². The van der Waals surface area contributed by atoms with Crippen molar-refractivity contribution in [1.82, 2.24) is 10.7 Å². The van der Waals surface area contributed by atoms with Crippen molar-refractivity contribution in [1.29, 1.82) is 0 Å². The van der Waals surface area contributed by atoms with Crippen molar-refractivity contribution < 1.29 is 23.9 Å². The van der Waals surface area contributed by atoms with Gasteiger partial charge >= 0.3 is 11.8 Å². The Kier molecular flexibility index (Phi) is 9.23. The molecular formula is C18H25ClN4O5. The Morgan fingerprint density at radius 1 is 1.14 bits per heavy atom. The van der Waals surface area contributed by atoms with Gasteiger partial charge in [-0.05, 0) is 26.3 Å². The number of ether oxygens (including phenoxy) is 2. The lowest BCUT2D eigenvalue weighted by Gasteiger charge is -2.13. The Morgan fingerprint density at radius 3 is 2.36 bits per heavy atom. The van der Waals surface area contributed by atoms with Crippen LogP contribution in [-0.2, 0) is 14.4 Å². The van der Waals surface area contributed by atoms with Crippen LogP contribution in [0.2, 0.25) is 5.02 Å². The zero-order chi connectivity index (χ0) is 21.3. The Bertz CT molecular complexity index is 767. The summed E-state index contributed by atoms with van der Waals surface area (Å²) in [6, 6.07) is 2.93. The van der Waals surface area contributed by atoms with Crippen molar-refractivity contribution in [2.45, 2.75) is 39.7 Å². The van der Waals surface area contributed by atoms with Gasteiger partial charge in [0.2, 0.25) is 5.91 Å². The molecule has 0 aliphatic heterocycles. The summed E-state index contributed by atoms with van der Waals surface area (Å²) in [6.45, 7) is 5.21. The fourth-order valence-corrected chi connectivity index (χ4v) is 2.25. The maximum Gasteiger partial charge on any atom is 0.329 e. The van der Waals surface area contributed by atoms with Crippen LogP contribution in [0.15, 0.2) is 17.2 Å². The molecule has 3 N–H and O–H groups in total. The lowest BCUT2D eigenvalue weighted by Crippen LogP contribution is -2.42. The summed E-state index contributed by atoms with van der Waals surface area (Å²) >= 11 is 6.07. The molecule has 1 atom stereocenters. The zero-order valence-corrected chi connectivity index (χ0v) is 17.3. The summed E-state index contributed by atoms with van der Waals surface area (Å²) in [5.74, 6) is -1.30. The fraction of sp³-hybridized carbons (Fsp3) is 0.444. The third-order valence-electron chi connectivity index (χ3n) is 3.71. The van der Waals surface area contributed by atoms with Gasteiger partial charge in [-0.1, -0.05) is 18.5 Å². The van der Waals surface area contributed by atoms with Gasteiger partial charge in [-0.15, -0.1) is 0 Å². The average Bonchev–Trinajstić information content (AvgIpc) is 2.65. The molecule has 10 heteroatoms. The second-order valence-electron chi connectivity index (χ2n) is 5.98. The van der Waals surface area contributed by atoms with E-state index in [9.17, 15) is 14.4 Å². The van der Waals surface area contributed by atoms with E-state index in [2.05, 4.69) is 21.2 Å². The average molecular weight is 413 g/mol. The second kappa shape index (κ2) is 11.1. The third kappa shape index (κ3) is 7.07. The third-order valence-corrected chi connectivity index (χ3v) is 4.00. The van der Waals surface area contributed by atoms with Crippen molar-refractivity contribution in [3.63, 3.8) is 0 Å². The molecule has 0 saturated heterocycles. The molecule has 154 valence electrons. The van der Waals surface area contributed by atoms with Crippen LogP contribution in [0.3, 0.4) is 0 Å². The minimum Gasteiger partial charge on any atom is -0.495 e. The quantitative estimate of drug-likeness (QED) is 0.343. The molecular weight excluding hydrogens is 388 g/mol. The molecule has 0 aliphatic carbocycles. The van der Waals surface area contributed by atoms with Crippen LogP contribution < -0.4 is 25.5 Å². The molecule has 0 aromatic heterocycles. The normalized spacial score (nSPS) is 12.0. The fourth-order valence-electron chi connectivity index (χ4n) is 2.01. The molecule has 0 saturated carbocycles. The molecule has 1 aromatic carbocycles. The first-order valence-corrected chi connectivity index (χ1v) is 8.94. The second-order valence-corrected chi connectivity index (χ2v) is 6.39. The van der Waals surface area contributed by atoms with Gasteiger partial charge in [0.05, 0.1) is 31.4 Å². The van der Waals surface area contributed by atoms with Gasteiger partial charge in [0.1, 0.15) is 11.5 Å². The zero-order valence-electron chi connectivity index (χ0n) is 16.5. The van der Waals surface area contributed by atoms with Crippen LogP contribution in [0.1, 0.15) is 33.6 Å². The number of anilines is 1. The smallest absolute Gasteiger partial charge is 0.329 e. The topological polar surface area (TPSA) is 118 Å². The van der Waals surface area contributed by atoms with Gasteiger partial charge < -0.3 is 20.1 Å². The standard InChI is InChI=1S/C18H25ClN4O5/c1-6-10(2)20-17(25)18(26)23-22-11(3)7-16(24)21-13-8-12(19)14(27-4)9-15(13)28-5/h8-10H,6-7H2,1-5H3,(H,20,25)(H,21,24)(H,23,26)/b22-11+. The van der Waals surface area contributed by atoms with E-state index in [-0.39, 0.29) is 12.5 Å². The molecule has 0 fully saturated rings. The molecule has 3 amide bonds. The van der Waals surface area contributed by atoms with Gasteiger partial charge in [0.15, 0.2) is 0 Å². The number of hydrogen-bond donors (Lipinski definition) is 3. The predicted octanol–water partition coefficient (Wildman–Crippen LogP) is 2.09. The van der Waals surface area contributed by atoms with E-state index in [1.54, 1.807) is 19.9 Å². The number of amides is 3.